The fraction of sp³-hybridized carbons (Fsp3) is 0.611. The van der Waals surface area contributed by atoms with Crippen molar-refractivity contribution < 1.29 is 14.3 Å². The average Bonchev–Trinajstić information content (AvgIpc) is 3.16. The Morgan fingerprint density at radius 2 is 2.22 bits per heavy atom. The molecular weight excluding hydrogens is 292 g/mol. The van der Waals surface area contributed by atoms with Crippen LogP contribution in [-0.2, 0) is 11.2 Å². The molecule has 4 rings (SSSR count). The monoisotopic (exact) mass is 316 g/mol. The van der Waals surface area contributed by atoms with Crippen LogP contribution in [0.3, 0.4) is 0 Å². The van der Waals surface area contributed by atoms with Crippen molar-refractivity contribution in [2.75, 3.05) is 26.3 Å². The number of hydrogen-bond donors (Lipinski definition) is 2. The largest absolute Gasteiger partial charge is 0.486 e. The quantitative estimate of drug-likeness (QED) is 0.887. The van der Waals surface area contributed by atoms with Crippen LogP contribution in [0.5, 0.6) is 11.5 Å². The first-order valence-corrected chi connectivity index (χ1v) is 8.69. The van der Waals surface area contributed by atoms with E-state index in [4.69, 9.17) is 9.47 Å². The van der Waals surface area contributed by atoms with Crippen LogP contribution in [0.15, 0.2) is 18.2 Å². The van der Waals surface area contributed by atoms with Crippen LogP contribution in [0.25, 0.3) is 0 Å². The molecule has 0 unspecified atom stereocenters. The van der Waals surface area contributed by atoms with Gasteiger partial charge in [0.15, 0.2) is 11.5 Å². The lowest BCUT2D eigenvalue weighted by Crippen LogP contribution is -2.45. The Hall–Kier alpha value is -1.75. The van der Waals surface area contributed by atoms with Gasteiger partial charge in [-0.2, -0.15) is 0 Å². The minimum atomic E-state index is -0.157. The maximum atomic E-state index is 12.7. The minimum Gasteiger partial charge on any atom is -0.486 e. The standard InChI is InChI=1S/C18H24N2O3/c21-17(18-7-2-5-15(18)19-10-8-18)20-9-6-13-3-1-4-14-16(13)23-12-11-22-14/h1,3-4,15,19H,2,5-12H2,(H,20,21)/t15-,18+/m1/s1. The molecule has 2 fully saturated rings. The molecule has 1 amide bonds. The maximum Gasteiger partial charge on any atom is 0.227 e. The highest BCUT2D eigenvalue weighted by atomic mass is 16.6. The molecule has 0 bridgehead atoms. The zero-order chi connectivity index (χ0) is 15.7. The molecule has 124 valence electrons. The molecule has 23 heavy (non-hydrogen) atoms. The molecule has 0 radical (unpaired) electrons. The van der Waals surface area contributed by atoms with Gasteiger partial charge >= 0.3 is 0 Å². The number of hydrogen-bond acceptors (Lipinski definition) is 4. The molecule has 5 nitrogen and oxygen atoms in total. The molecule has 1 aromatic rings. The van der Waals surface area contributed by atoms with Gasteiger partial charge in [-0.15, -0.1) is 0 Å². The van der Waals surface area contributed by atoms with Crippen molar-refractivity contribution in [1.82, 2.24) is 10.6 Å². The predicted octanol–water partition coefficient (Wildman–Crippen LogP) is 1.65. The Morgan fingerprint density at radius 3 is 3.17 bits per heavy atom. The van der Waals surface area contributed by atoms with Gasteiger partial charge in [-0.25, -0.2) is 0 Å². The molecule has 1 saturated heterocycles. The van der Waals surface area contributed by atoms with Crippen LogP contribution < -0.4 is 20.1 Å². The fourth-order valence-corrected chi connectivity index (χ4v) is 4.34. The second kappa shape index (κ2) is 6.04. The minimum absolute atomic E-state index is 0.157. The van der Waals surface area contributed by atoms with E-state index in [0.717, 1.165) is 55.7 Å². The number of rotatable bonds is 4. The van der Waals surface area contributed by atoms with Crippen molar-refractivity contribution in [2.24, 2.45) is 5.41 Å². The summed E-state index contributed by atoms with van der Waals surface area (Å²) in [5.41, 5.74) is 0.947. The molecule has 1 saturated carbocycles. The van der Waals surface area contributed by atoms with E-state index in [2.05, 4.69) is 10.6 Å². The Labute approximate surface area is 136 Å². The summed E-state index contributed by atoms with van der Waals surface area (Å²) in [5.74, 6) is 1.88. The molecular formula is C18H24N2O3. The van der Waals surface area contributed by atoms with Crippen molar-refractivity contribution in [3.63, 3.8) is 0 Å². The second-order valence-electron chi connectivity index (χ2n) is 6.75. The molecule has 2 heterocycles. The molecule has 1 aliphatic carbocycles. The van der Waals surface area contributed by atoms with E-state index in [1.54, 1.807) is 0 Å². The van der Waals surface area contributed by atoms with Crippen molar-refractivity contribution >= 4 is 5.91 Å². The van der Waals surface area contributed by atoms with Gasteiger partial charge < -0.3 is 20.1 Å². The van der Waals surface area contributed by atoms with Gasteiger partial charge in [0, 0.05) is 12.6 Å². The van der Waals surface area contributed by atoms with Crippen molar-refractivity contribution in [2.45, 2.75) is 38.1 Å². The number of para-hydroxylation sites is 1. The number of amides is 1. The summed E-state index contributed by atoms with van der Waals surface area (Å²) >= 11 is 0. The van der Waals surface area contributed by atoms with E-state index in [1.165, 1.54) is 0 Å². The summed E-state index contributed by atoms with van der Waals surface area (Å²) in [4.78, 5) is 12.7. The highest BCUT2D eigenvalue weighted by Crippen LogP contribution is 2.44. The summed E-state index contributed by atoms with van der Waals surface area (Å²) in [7, 11) is 0. The van der Waals surface area contributed by atoms with Crippen LogP contribution in [0.2, 0.25) is 0 Å². The first-order valence-electron chi connectivity index (χ1n) is 8.69. The van der Waals surface area contributed by atoms with E-state index in [1.807, 2.05) is 18.2 Å². The summed E-state index contributed by atoms with van der Waals surface area (Å²) in [6.07, 6.45) is 5.05. The average molecular weight is 316 g/mol. The topological polar surface area (TPSA) is 59.6 Å². The van der Waals surface area contributed by atoms with Crippen molar-refractivity contribution in [1.29, 1.82) is 0 Å². The van der Waals surface area contributed by atoms with Gasteiger partial charge in [0.05, 0.1) is 5.41 Å². The summed E-state index contributed by atoms with van der Waals surface area (Å²) in [5, 5.41) is 6.66. The third kappa shape index (κ3) is 2.57. The van der Waals surface area contributed by atoms with Crippen molar-refractivity contribution in [3.8, 4) is 11.5 Å². The smallest absolute Gasteiger partial charge is 0.227 e. The summed E-state index contributed by atoms with van der Waals surface area (Å²) in [6.45, 7) is 2.81. The first-order chi connectivity index (χ1) is 11.3. The Kier molecular flexibility index (Phi) is 3.89. The van der Waals surface area contributed by atoms with Crippen molar-refractivity contribution in [3.05, 3.63) is 23.8 Å². The van der Waals surface area contributed by atoms with E-state index in [0.29, 0.717) is 25.8 Å². The molecule has 2 N–H and O–H groups in total. The molecule has 5 heteroatoms. The number of carbonyl (C=O) groups excluding carboxylic acids is 1. The maximum absolute atomic E-state index is 12.7. The Balaban J connectivity index is 1.38. The van der Waals surface area contributed by atoms with Crippen LogP contribution in [0.4, 0.5) is 0 Å². The number of ether oxygens (including phenoxy) is 2. The Bertz CT molecular complexity index is 592. The predicted molar refractivity (Wildman–Crippen MR) is 86.8 cm³/mol. The normalized spacial score (nSPS) is 28.4. The van der Waals surface area contributed by atoms with E-state index in [9.17, 15) is 4.79 Å². The van der Waals surface area contributed by atoms with Crippen LogP contribution in [-0.4, -0.2) is 38.3 Å². The highest BCUT2D eigenvalue weighted by Gasteiger charge is 2.51. The highest BCUT2D eigenvalue weighted by molar-refractivity contribution is 5.84. The van der Waals surface area contributed by atoms with Gasteiger partial charge in [-0.05, 0) is 43.9 Å². The third-order valence-electron chi connectivity index (χ3n) is 5.52. The van der Waals surface area contributed by atoms with Gasteiger partial charge in [0.1, 0.15) is 13.2 Å². The zero-order valence-corrected chi connectivity index (χ0v) is 13.4. The number of carbonyl (C=O) groups is 1. The lowest BCUT2D eigenvalue weighted by Gasteiger charge is -2.27. The summed E-state index contributed by atoms with van der Waals surface area (Å²) in [6, 6.07) is 6.34. The molecule has 1 aromatic carbocycles. The van der Waals surface area contributed by atoms with Crippen LogP contribution in [0.1, 0.15) is 31.2 Å². The van der Waals surface area contributed by atoms with Crippen LogP contribution in [0, 0.1) is 5.41 Å². The number of fused-ring (bicyclic) bond motifs is 2. The number of benzene rings is 1. The Morgan fingerprint density at radius 1 is 1.30 bits per heavy atom. The first kappa shape index (κ1) is 14.8. The SMILES string of the molecule is O=C(NCCc1cccc2c1OCCO2)[C@]12CCC[C@H]1NCC2. The molecule has 3 aliphatic rings. The third-order valence-corrected chi connectivity index (χ3v) is 5.52. The van der Waals surface area contributed by atoms with Gasteiger partial charge in [0.2, 0.25) is 5.91 Å². The second-order valence-corrected chi connectivity index (χ2v) is 6.75. The van der Waals surface area contributed by atoms with Gasteiger partial charge in [-0.1, -0.05) is 18.6 Å². The molecule has 0 aromatic heterocycles. The van der Waals surface area contributed by atoms with E-state index >= 15 is 0 Å². The molecule has 2 atom stereocenters. The van der Waals surface area contributed by atoms with Crippen LogP contribution >= 0.6 is 0 Å². The van der Waals surface area contributed by atoms with E-state index in [-0.39, 0.29) is 11.3 Å². The van der Waals surface area contributed by atoms with E-state index < -0.39 is 0 Å². The van der Waals surface area contributed by atoms with Gasteiger partial charge in [0.25, 0.3) is 0 Å². The number of nitrogens with one attached hydrogen (secondary N) is 2. The lowest BCUT2D eigenvalue weighted by atomic mass is 9.81. The fourth-order valence-electron chi connectivity index (χ4n) is 4.34. The zero-order valence-electron chi connectivity index (χ0n) is 13.4. The molecule has 2 aliphatic heterocycles. The molecule has 0 spiro atoms. The lowest BCUT2D eigenvalue weighted by molar-refractivity contribution is -0.130. The summed E-state index contributed by atoms with van der Waals surface area (Å²) < 4.78 is 11.3. The van der Waals surface area contributed by atoms with Gasteiger partial charge in [-0.3, -0.25) is 4.79 Å².